The van der Waals surface area contributed by atoms with Crippen LogP contribution in [0.15, 0.2) is 42.7 Å². The van der Waals surface area contributed by atoms with Gasteiger partial charge < -0.3 is 10.1 Å². The Balaban J connectivity index is 2.12. The van der Waals surface area contributed by atoms with Crippen molar-refractivity contribution in [1.82, 2.24) is 4.98 Å². The van der Waals surface area contributed by atoms with Gasteiger partial charge in [0.15, 0.2) is 0 Å². The minimum absolute atomic E-state index is 0.228. The summed E-state index contributed by atoms with van der Waals surface area (Å²) in [5, 5.41) is 3.45. The van der Waals surface area contributed by atoms with Crippen molar-refractivity contribution in [2.45, 2.75) is 19.9 Å². The molecule has 0 saturated carbocycles. The molecule has 3 nitrogen and oxygen atoms in total. The Morgan fingerprint density at radius 1 is 1.28 bits per heavy atom. The number of aryl methyl sites for hydroxylation is 1. The summed E-state index contributed by atoms with van der Waals surface area (Å²) in [5.41, 5.74) is 3.39. The van der Waals surface area contributed by atoms with Crippen LogP contribution in [0.25, 0.3) is 0 Å². The molecule has 0 fully saturated rings. The molecule has 0 bridgehead atoms. The van der Waals surface area contributed by atoms with Crippen molar-refractivity contribution in [1.29, 1.82) is 0 Å². The first kappa shape index (κ1) is 12.4. The molecule has 2 aromatic rings. The first-order chi connectivity index (χ1) is 8.70. The van der Waals surface area contributed by atoms with Crippen molar-refractivity contribution in [2.75, 3.05) is 12.4 Å². The fraction of sp³-hybridized carbons (Fsp3) is 0.267. The van der Waals surface area contributed by atoms with Crippen molar-refractivity contribution in [2.24, 2.45) is 0 Å². The molecule has 0 aliphatic rings. The van der Waals surface area contributed by atoms with Gasteiger partial charge in [0, 0.05) is 18.1 Å². The number of hydrogen-bond acceptors (Lipinski definition) is 3. The second kappa shape index (κ2) is 5.54. The Morgan fingerprint density at radius 3 is 2.72 bits per heavy atom. The molecule has 0 aliphatic heterocycles. The number of aromatic nitrogens is 1. The molecule has 1 heterocycles. The van der Waals surface area contributed by atoms with E-state index in [-0.39, 0.29) is 6.04 Å². The molecule has 2 rings (SSSR count). The highest BCUT2D eigenvalue weighted by Crippen LogP contribution is 2.24. The number of rotatable bonds is 4. The van der Waals surface area contributed by atoms with Gasteiger partial charge in [-0.25, -0.2) is 0 Å². The van der Waals surface area contributed by atoms with Gasteiger partial charge in [-0.15, -0.1) is 0 Å². The van der Waals surface area contributed by atoms with Crippen LogP contribution in [0, 0.1) is 6.92 Å². The zero-order valence-electron chi connectivity index (χ0n) is 11.0. The summed E-state index contributed by atoms with van der Waals surface area (Å²) in [6.45, 7) is 4.16. The van der Waals surface area contributed by atoms with Crippen LogP contribution in [0.4, 0.5) is 5.69 Å². The third kappa shape index (κ3) is 2.80. The van der Waals surface area contributed by atoms with Crippen LogP contribution < -0.4 is 10.1 Å². The first-order valence-corrected chi connectivity index (χ1v) is 6.02. The summed E-state index contributed by atoms with van der Waals surface area (Å²) >= 11 is 0. The second-order valence-corrected chi connectivity index (χ2v) is 4.34. The first-order valence-electron chi connectivity index (χ1n) is 6.02. The standard InChI is InChI=1S/C15H18N2O/c1-11-9-14(6-7-15(11)18-3)17-12(2)13-5-4-8-16-10-13/h4-10,12,17H,1-3H3. The molecule has 1 atom stereocenters. The number of pyridine rings is 1. The Bertz CT molecular complexity index is 511. The molecule has 0 radical (unpaired) electrons. The molecule has 18 heavy (non-hydrogen) atoms. The highest BCUT2D eigenvalue weighted by atomic mass is 16.5. The third-order valence-corrected chi connectivity index (χ3v) is 2.96. The predicted molar refractivity (Wildman–Crippen MR) is 74.0 cm³/mol. The van der Waals surface area contributed by atoms with Gasteiger partial charge >= 0.3 is 0 Å². The summed E-state index contributed by atoms with van der Waals surface area (Å²) in [6, 6.07) is 10.3. The summed E-state index contributed by atoms with van der Waals surface area (Å²) in [6.07, 6.45) is 3.67. The van der Waals surface area contributed by atoms with E-state index < -0.39 is 0 Å². The molecular weight excluding hydrogens is 224 g/mol. The van der Waals surface area contributed by atoms with Gasteiger partial charge in [-0.05, 0) is 49.2 Å². The van der Waals surface area contributed by atoms with E-state index in [0.29, 0.717) is 0 Å². The van der Waals surface area contributed by atoms with Crippen molar-refractivity contribution in [3.05, 3.63) is 53.9 Å². The number of methoxy groups -OCH3 is 1. The SMILES string of the molecule is COc1ccc(NC(C)c2cccnc2)cc1C. The lowest BCUT2D eigenvalue weighted by Crippen LogP contribution is -2.07. The van der Waals surface area contributed by atoms with Gasteiger partial charge in [-0.3, -0.25) is 4.98 Å². The number of nitrogens with one attached hydrogen (secondary N) is 1. The van der Waals surface area contributed by atoms with Crippen LogP contribution in [-0.4, -0.2) is 12.1 Å². The number of hydrogen-bond donors (Lipinski definition) is 1. The van der Waals surface area contributed by atoms with E-state index in [1.807, 2.05) is 31.3 Å². The van der Waals surface area contributed by atoms with Gasteiger partial charge in [-0.2, -0.15) is 0 Å². The van der Waals surface area contributed by atoms with E-state index in [9.17, 15) is 0 Å². The van der Waals surface area contributed by atoms with Gasteiger partial charge in [0.2, 0.25) is 0 Å². The molecule has 94 valence electrons. The fourth-order valence-corrected chi connectivity index (χ4v) is 1.93. The van der Waals surface area contributed by atoms with E-state index in [0.717, 1.165) is 17.0 Å². The smallest absolute Gasteiger partial charge is 0.121 e. The topological polar surface area (TPSA) is 34.1 Å². The van der Waals surface area contributed by atoms with Crippen LogP contribution in [0.3, 0.4) is 0 Å². The number of benzene rings is 1. The molecule has 1 N–H and O–H groups in total. The number of anilines is 1. The zero-order valence-corrected chi connectivity index (χ0v) is 11.0. The molecule has 1 unspecified atom stereocenters. The van der Waals surface area contributed by atoms with Crippen LogP contribution >= 0.6 is 0 Å². The molecule has 0 spiro atoms. The van der Waals surface area contributed by atoms with Gasteiger partial charge in [-0.1, -0.05) is 6.07 Å². The Morgan fingerprint density at radius 2 is 2.11 bits per heavy atom. The second-order valence-electron chi connectivity index (χ2n) is 4.34. The minimum Gasteiger partial charge on any atom is -0.496 e. The lowest BCUT2D eigenvalue weighted by Gasteiger charge is -2.16. The number of ether oxygens (including phenoxy) is 1. The summed E-state index contributed by atoms with van der Waals surface area (Å²) in [7, 11) is 1.69. The monoisotopic (exact) mass is 242 g/mol. The van der Waals surface area contributed by atoms with Crippen LogP contribution in [0.5, 0.6) is 5.75 Å². The van der Waals surface area contributed by atoms with E-state index in [1.165, 1.54) is 5.56 Å². The van der Waals surface area contributed by atoms with Gasteiger partial charge in [0.25, 0.3) is 0 Å². The summed E-state index contributed by atoms with van der Waals surface area (Å²) in [5.74, 6) is 0.912. The molecule has 1 aromatic heterocycles. The Kier molecular flexibility index (Phi) is 3.82. The molecule has 1 aromatic carbocycles. The lowest BCUT2D eigenvalue weighted by atomic mass is 10.1. The van der Waals surface area contributed by atoms with E-state index >= 15 is 0 Å². The van der Waals surface area contributed by atoms with Crippen molar-refractivity contribution < 1.29 is 4.74 Å². The van der Waals surface area contributed by atoms with Crippen molar-refractivity contribution in [3.63, 3.8) is 0 Å². The van der Waals surface area contributed by atoms with Crippen molar-refractivity contribution >= 4 is 5.69 Å². The maximum Gasteiger partial charge on any atom is 0.121 e. The average Bonchev–Trinajstić information content (AvgIpc) is 2.40. The Hall–Kier alpha value is -2.03. The third-order valence-electron chi connectivity index (χ3n) is 2.96. The van der Waals surface area contributed by atoms with Crippen molar-refractivity contribution in [3.8, 4) is 5.75 Å². The molecule has 0 saturated heterocycles. The maximum absolute atomic E-state index is 5.25. The molecule has 0 amide bonds. The predicted octanol–water partition coefficient (Wildman–Crippen LogP) is 3.57. The molecule has 0 aliphatic carbocycles. The van der Waals surface area contributed by atoms with E-state index in [4.69, 9.17) is 4.74 Å². The average molecular weight is 242 g/mol. The van der Waals surface area contributed by atoms with Crippen LogP contribution in [-0.2, 0) is 0 Å². The van der Waals surface area contributed by atoms with E-state index in [2.05, 4.69) is 29.4 Å². The fourth-order valence-electron chi connectivity index (χ4n) is 1.93. The summed E-state index contributed by atoms with van der Waals surface area (Å²) in [4.78, 5) is 4.13. The normalized spacial score (nSPS) is 11.9. The quantitative estimate of drug-likeness (QED) is 0.890. The Labute approximate surface area is 108 Å². The maximum atomic E-state index is 5.25. The molecular formula is C15H18N2O. The number of nitrogens with zero attached hydrogens (tertiary/aromatic N) is 1. The summed E-state index contributed by atoms with van der Waals surface area (Å²) < 4.78 is 5.25. The minimum atomic E-state index is 0.228. The van der Waals surface area contributed by atoms with Crippen LogP contribution in [0.2, 0.25) is 0 Å². The van der Waals surface area contributed by atoms with E-state index in [1.54, 1.807) is 13.3 Å². The largest absolute Gasteiger partial charge is 0.496 e. The zero-order chi connectivity index (χ0) is 13.0. The lowest BCUT2D eigenvalue weighted by molar-refractivity contribution is 0.412. The highest BCUT2D eigenvalue weighted by molar-refractivity contribution is 5.51. The van der Waals surface area contributed by atoms with Crippen LogP contribution in [0.1, 0.15) is 24.1 Å². The molecule has 3 heteroatoms. The van der Waals surface area contributed by atoms with Gasteiger partial charge in [0.05, 0.1) is 13.2 Å². The van der Waals surface area contributed by atoms with Gasteiger partial charge in [0.1, 0.15) is 5.75 Å². The highest BCUT2D eigenvalue weighted by Gasteiger charge is 2.06.